The number of rotatable bonds is 4. The van der Waals surface area contributed by atoms with Gasteiger partial charge in [0.25, 0.3) is 0 Å². The molecule has 1 aromatic rings. The summed E-state index contributed by atoms with van der Waals surface area (Å²) in [6.45, 7) is 6.86. The molecule has 0 fully saturated rings. The first-order valence-electron chi connectivity index (χ1n) is 4.94. The van der Waals surface area contributed by atoms with Crippen molar-refractivity contribution >= 4 is 11.8 Å². The van der Waals surface area contributed by atoms with Gasteiger partial charge in [-0.1, -0.05) is 39.0 Å². The summed E-state index contributed by atoms with van der Waals surface area (Å²) in [5, 5.41) is 0. The number of thioether (sulfide) groups is 1. The summed E-state index contributed by atoms with van der Waals surface area (Å²) >= 11 is 1.99. The van der Waals surface area contributed by atoms with Crippen LogP contribution in [0.1, 0.15) is 33.6 Å². The third-order valence-electron chi connectivity index (χ3n) is 2.60. The highest BCUT2D eigenvalue weighted by Gasteiger charge is 2.20. The maximum absolute atomic E-state index is 2.34. The van der Waals surface area contributed by atoms with Gasteiger partial charge < -0.3 is 0 Å². The second kappa shape index (κ2) is 4.71. The summed E-state index contributed by atoms with van der Waals surface area (Å²) in [5.74, 6) is 0. The highest BCUT2D eigenvalue weighted by Crippen LogP contribution is 2.37. The first kappa shape index (κ1) is 10.6. The fourth-order valence-corrected chi connectivity index (χ4v) is 2.32. The van der Waals surface area contributed by atoms with E-state index < -0.39 is 0 Å². The molecule has 0 saturated carbocycles. The molecule has 13 heavy (non-hydrogen) atoms. The minimum atomic E-state index is 0.404. The van der Waals surface area contributed by atoms with E-state index in [1.165, 1.54) is 17.7 Å². The molecule has 0 radical (unpaired) electrons. The second-order valence-corrected chi connectivity index (χ2v) is 5.23. The summed E-state index contributed by atoms with van der Waals surface area (Å²) in [5.41, 5.74) is 0. The Morgan fingerprint density at radius 1 is 1.08 bits per heavy atom. The van der Waals surface area contributed by atoms with Gasteiger partial charge in [-0.15, -0.1) is 11.8 Å². The van der Waals surface area contributed by atoms with Crippen molar-refractivity contribution in [2.24, 2.45) is 0 Å². The third kappa shape index (κ3) is 3.07. The van der Waals surface area contributed by atoms with Gasteiger partial charge in [0.1, 0.15) is 0 Å². The van der Waals surface area contributed by atoms with Crippen LogP contribution in [0.2, 0.25) is 0 Å². The maximum atomic E-state index is 2.34. The molecule has 0 aliphatic rings. The van der Waals surface area contributed by atoms with E-state index in [1.807, 2.05) is 11.8 Å². The molecule has 1 rings (SSSR count). The molecule has 0 N–H and O–H groups in total. The van der Waals surface area contributed by atoms with Crippen LogP contribution in [0.15, 0.2) is 35.2 Å². The fourth-order valence-electron chi connectivity index (χ4n) is 1.17. The molecule has 1 aromatic carbocycles. The molecule has 0 aliphatic carbocycles. The highest BCUT2D eigenvalue weighted by molar-refractivity contribution is 8.00. The van der Waals surface area contributed by atoms with Crippen LogP contribution in [-0.2, 0) is 0 Å². The van der Waals surface area contributed by atoms with E-state index in [-0.39, 0.29) is 0 Å². The van der Waals surface area contributed by atoms with Gasteiger partial charge in [0.15, 0.2) is 0 Å². The summed E-state index contributed by atoms with van der Waals surface area (Å²) in [7, 11) is 0. The minimum absolute atomic E-state index is 0.404. The minimum Gasteiger partial charge on any atom is -0.120 e. The lowest BCUT2D eigenvalue weighted by atomic mass is 10.1. The van der Waals surface area contributed by atoms with Crippen LogP contribution in [0.4, 0.5) is 0 Å². The largest absolute Gasteiger partial charge is 0.120 e. The molecule has 0 nitrogen and oxygen atoms in total. The lowest BCUT2D eigenvalue weighted by Crippen LogP contribution is -2.16. The van der Waals surface area contributed by atoms with Crippen molar-refractivity contribution in [1.82, 2.24) is 0 Å². The number of benzene rings is 1. The molecule has 0 bridgehead atoms. The van der Waals surface area contributed by atoms with Crippen LogP contribution in [-0.4, -0.2) is 4.75 Å². The average molecular weight is 194 g/mol. The molecule has 0 atom stereocenters. The lowest BCUT2D eigenvalue weighted by molar-refractivity contribution is 0.600. The van der Waals surface area contributed by atoms with Gasteiger partial charge in [-0.05, 0) is 25.0 Å². The van der Waals surface area contributed by atoms with Gasteiger partial charge >= 0.3 is 0 Å². The molecule has 0 aromatic heterocycles. The molecule has 1 heteroatoms. The van der Waals surface area contributed by atoms with Gasteiger partial charge in [-0.3, -0.25) is 0 Å². The Morgan fingerprint density at radius 2 is 1.62 bits per heavy atom. The van der Waals surface area contributed by atoms with E-state index >= 15 is 0 Å². The molecule has 0 heterocycles. The Bertz CT molecular complexity index is 237. The number of hydrogen-bond donors (Lipinski definition) is 0. The van der Waals surface area contributed by atoms with Gasteiger partial charge in [0.2, 0.25) is 0 Å². The summed E-state index contributed by atoms with van der Waals surface area (Å²) in [6, 6.07) is 10.7. The molecular formula is C12H18S. The van der Waals surface area contributed by atoms with Crippen molar-refractivity contribution in [2.75, 3.05) is 0 Å². The lowest BCUT2D eigenvalue weighted by Gasteiger charge is -2.25. The first-order chi connectivity index (χ1) is 6.20. The van der Waals surface area contributed by atoms with E-state index in [1.54, 1.807) is 0 Å². The Kier molecular flexibility index (Phi) is 3.86. The van der Waals surface area contributed by atoms with Crippen molar-refractivity contribution in [3.63, 3.8) is 0 Å². The van der Waals surface area contributed by atoms with Crippen molar-refractivity contribution < 1.29 is 0 Å². The van der Waals surface area contributed by atoms with Crippen molar-refractivity contribution in [1.29, 1.82) is 0 Å². The molecule has 0 aliphatic heterocycles. The third-order valence-corrected chi connectivity index (χ3v) is 4.18. The average Bonchev–Trinajstić information content (AvgIpc) is 2.19. The van der Waals surface area contributed by atoms with E-state index in [2.05, 4.69) is 51.1 Å². The molecule has 0 unspecified atom stereocenters. The van der Waals surface area contributed by atoms with Crippen LogP contribution >= 0.6 is 11.8 Å². The van der Waals surface area contributed by atoms with Crippen molar-refractivity contribution in [2.45, 2.75) is 43.3 Å². The Balaban J connectivity index is 2.68. The molecule has 0 spiro atoms. The standard InChI is InChI=1S/C12H18S/c1-4-12(3,5-2)13-11-9-7-6-8-10-11/h6-10H,4-5H2,1-3H3. The van der Waals surface area contributed by atoms with Crippen molar-refractivity contribution in [3.8, 4) is 0 Å². The summed E-state index contributed by atoms with van der Waals surface area (Å²) in [4.78, 5) is 1.38. The topological polar surface area (TPSA) is 0 Å². The molecular weight excluding hydrogens is 176 g/mol. The van der Waals surface area contributed by atoms with E-state index in [4.69, 9.17) is 0 Å². The smallest absolute Gasteiger partial charge is 0.0173 e. The van der Waals surface area contributed by atoms with Gasteiger partial charge in [0.05, 0.1) is 0 Å². The van der Waals surface area contributed by atoms with Crippen LogP contribution in [0.3, 0.4) is 0 Å². The van der Waals surface area contributed by atoms with E-state index in [9.17, 15) is 0 Å². The van der Waals surface area contributed by atoms with Crippen LogP contribution in [0.25, 0.3) is 0 Å². The highest BCUT2D eigenvalue weighted by atomic mass is 32.2. The monoisotopic (exact) mass is 194 g/mol. The molecule has 72 valence electrons. The van der Waals surface area contributed by atoms with Gasteiger partial charge in [-0.2, -0.15) is 0 Å². The number of hydrogen-bond acceptors (Lipinski definition) is 1. The van der Waals surface area contributed by atoms with Gasteiger partial charge in [-0.25, -0.2) is 0 Å². The Labute approximate surface area is 85.7 Å². The summed E-state index contributed by atoms with van der Waals surface area (Å²) < 4.78 is 0.404. The Morgan fingerprint density at radius 3 is 2.08 bits per heavy atom. The molecule has 0 saturated heterocycles. The quantitative estimate of drug-likeness (QED) is 0.642. The Hall–Kier alpha value is -0.430. The SMILES string of the molecule is CCC(C)(CC)Sc1ccccc1. The predicted octanol–water partition coefficient (Wildman–Crippen LogP) is 4.36. The fraction of sp³-hybridized carbons (Fsp3) is 0.500. The predicted molar refractivity (Wildman–Crippen MR) is 61.3 cm³/mol. The van der Waals surface area contributed by atoms with Crippen LogP contribution in [0, 0.1) is 0 Å². The zero-order valence-corrected chi connectivity index (χ0v) is 9.53. The van der Waals surface area contributed by atoms with E-state index in [0.29, 0.717) is 4.75 Å². The normalized spacial score (nSPS) is 11.6. The maximum Gasteiger partial charge on any atom is 0.0173 e. The van der Waals surface area contributed by atoms with E-state index in [0.717, 1.165) is 0 Å². The zero-order chi connectivity index (χ0) is 9.73. The second-order valence-electron chi connectivity index (χ2n) is 3.57. The van der Waals surface area contributed by atoms with Crippen molar-refractivity contribution in [3.05, 3.63) is 30.3 Å². The summed E-state index contributed by atoms with van der Waals surface area (Å²) in [6.07, 6.45) is 2.45. The first-order valence-corrected chi connectivity index (χ1v) is 5.76. The zero-order valence-electron chi connectivity index (χ0n) is 8.71. The van der Waals surface area contributed by atoms with Gasteiger partial charge in [0, 0.05) is 9.64 Å². The van der Waals surface area contributed by atoms with Crippen LogP contribution in [0.5, 0.6) is 0 Å². The molecule has 0 amide bonds. The van der Waals surface area contributed by atoms with Crippen LogP contribution < -0.4 is 0 Å².